The molecular weight excluding hydrogens is 288 g/mol. The molecule has 2 N–H and O–H groups in total. The minimum absolute atomic E-state index is 0.218. The molecule has 2 saturated heterocycles. The number of hydrogen-bond donors (Lipinski definition) is 1. The predicted octanol–water partition coefficient (Wildman–Crippen LogP) is 3.00. The first kappa shape index (κ1) is 16.4. The minimum Gasteiger partial charge on any atom is -0.468 e. The molecule has 0 bridgehead atoms. The van der Waals surface area contributed by atoms with E-state index in [1.54, 1.807) is 6.26 Å². The quantitative estimate of drug-likeness (QED) is 0.685. The Balaban J connectivity index is 1.66. The first-order chi connectivity index (χ1) is 11.3. The van der Waals surface area contributed by atoms with Gasteiger partial charge in [-0.05, 0) is 50.9 Å². The van der Waals surface area contributed by atoms with Gasteiger partial charge in [0, 0.05) is 13.1 Å². The van der Waals surface area contributed by atoms with Gasteiger partial charge in [0.2, 0.25) is 0 Å². The van der Waals surface area contributed by atoms with Gasteiger partial charge >= 0.3 is 0 Å². The molecule has 1 aromatic rings. The van der Waals surface area contributed by atoms with Crippen LogP contribution in [0.1, 0.15) is 56.7 Å². The molecule has 0 aliphatic carbocycles. The first-order valence-corrected chi connectivity index (χ1v) is 9.17. The Bertz CT molecular complexity index is 471. The van der Waals surface area contributed by atoms with Crippen molar-refractivity contribution in [3.8, 4) is 0 Å². The van der Waals surface area contributed by atoms with E-state index in [4.69, 9.17) is 15.1 Å². The summed E-state index contributed by atoms with van der Waals surface area (Å²) in [4.78, 5) is 9.49. The molecule has 128 valence electrons. The SMILES string of the molecule is NC(=NCC(c1ccco1)N1CCCCC1)N1CCCCCC1. The van der Waals surface area contributed by atoms with E-state index in [2.05, 4.69) is 15.9 Å². The number of hydrogen-bond acceptors (Lipinski definition) is 3. The van der Waals surface area contributed by atoms with E-state index in [-0.39, 0.29) is 6.04 Å². The largest absolute Gasteiger partial charge is 0.468 e. The van der Waals surface area contributed by atoms with Crippen molar-refractivity contribution in [2.24, 2.45) is 10.7 Å². The molecule has 5 heteroatoms. The van der Waals surface area contributed by atoms with Crippen LogP contribution in [0.15, 0.2) is 27.8 Å². The van der Waals surface area contributed by atoms with E-state index in [0.717, 1.165) is 31.9 Å². The Morgan fingerprint density at radius 2 is 1.70 bits per heavy atom. The number of guanidine groups is 1. The molecule has 2 fully saturated rings. The maximum absolute atomic E-state index is 6.28. The van der Waals surface area contributed by atoms with Gasteiger partial charge in [0.15, 0.2) is 5.96 Å². The summed E-state index contributed by atoms with van der Waals surface area (Å²) in [6, 6.07) is 4.25. The van der Waals surface area contributed by atoms with Gasteiger partial charge in [-0.2, -0.15) is 0 Å². The van der Waals surface area contributed by atoms with Crippen molar-refractivity contribution in [3.63, 3.8) is 0 Å². The summed E-state index contributed by atoms with van der Waals surface area (Å²) in [6.45, 7) is 5.04. The highest BCUT2D eigenvalue weighted by Crippen LogP contribution is 2.25. The van der Waals surface area contributed by atoms with Crippen LogP contribution in [0.5, 0.6) is 0 Å². The first-order valence-electron chi connectivity index (χ1n) is 9.17. The number of likely N-dealkylation sites (tertiary alicyclic amines) is 2. The summed E-state index contributed by atoms with van der Waals surface area (Å²) >= 11 is 0. The molecule has 1 aromatic heterocycles. The number of aliphatic imine (C=N–C) groups is 1. The van der Waals surface area contributed by atoms with E-state index in [1.807, 2.05) is 6.07 Å². The smallest absolute Gasteiger partial charge is 0.191 e. The van der Waals surface area contributed by atoms with Crippen LogP contribution < -0.4 is 5.73 Å². The van der Waals surface area contributed by atoms with Gasteiger partial charge in [-0.15, -0.1) is 0 Å². The predicted molar refractivity (Wildman–Crippen MR) is 93.4 cm³/mol. The molecular formula is C18H30N4O. The normalized spacial score (nSPS) is 22.8. The zero-order valence-corrected chi connectivity index (χ0v) is 14.1. The van der Waals surface area contributed by atoms with Gasteiger partial charge < -0.3 is 15.1 Å². The van der Waals surface area contributed by atoms with Crippen molar-refractivity contribution >= 4 is 5.96 Å². The Kier molecular flexibility index (Phi) is 5.97. The Morgan fingerprint density at radius 3 is 2.35 bits per heavy atom. The molecule has 2 aliphatic heterocycles. The van der Waals surface area contributed by atoms with Gasteiger partial charge in [-0.3, -0.25) is 9.89 Å². The van der Waals surface area contributed by atoms with Crippen molar-refractivity contribution in [1.29, 1.82) is 0 Å². The fraction of sp³-hybridized carbons (Fsp3) is 0.722. The van der Waals surface area contributed by atoms with Crippen LogP contribution in [0.25, 0.3) is 0 Å². The molecule has 1 unspecified atom stereocenters. The summed E-state index contributed by atoms with van der Waals surface area (Å²) in [7, 11) is 0. The van der Waals surface area contributed by atoms with Gasteiger partial charge in [-0.1, -0.05) is 19.3 Å². The second kappa shape index (κ2) is 8.39. The third-order valence-corrected chi connectivity index (χ3v) is 5.06. The van der Waals surface area contributed by atoms with Gasteiger partial charge in [0.25, 0.3) is 0 Å². The zero-order chi connectivity index (χ0) is 15.9. The highest BCUT2D eigenvalue weighted by atomic mass is 16.3. The fourth-order valence-electron chi connectivity index (χ4n) is 3.68. The second-order valence-corrected chi connectivity index (χ2v) is 6.73. The highest BCUT2D eigenvalue weighted by Gasteiger charge is 2.24. The van der Waals surface area contributed by atoms with Crippen molar-refractivity contribution in [2.45, 2.75) is 51.0 Å². The van der Waals surface area contributed by atoms with Crippen LogP contribution in [-0.4, -0.2) is 48.5 Å². The Morgan fingerprint density at radius 1 is 1.04 bits per heavy atom. The van der Waals surface area contributed by atoms with E-state index in [9.17, 15) is 0 Å². The van der Waals surface area contributed by atoms with Crippen LogP contribution in [0.2, 0.25) is 0 Å². The van der Waals surface area contributed by atoms with Crippen LogP contribution in [0.3, 0.4) is 0 Å². The molecule has 3 rings (SSSR count). The van der Waals surface area contributed by atoms with Crippen LogP contribution >= 0.6 is 0 Å². The van der Waals surface area contributed by atoms with Crippen LogP contribution in [0, 0.1) is 0 Å². The molecule has 0 radical (unpaired) electrons. The average Bonchev–Trinajstić information content (AvgIpc) is 2.97. The Hall–Kier alpha value is -1.49. The summed E-state index contributed by atoms with van der Waals surface area (Å²) in [6.07, 6.45) is 10.7. The number of nitrogens with two attached hydrogens (primary N) is 1. The number of furan rings is 1. The van der Waals surface area contributed by atoms with E-state index >= 15 is 0 Å². The van der Waals surface area contributed by atoms with Gasteiger partial charge in [0.1, 0.15) is 5.76 Å². The molecule has 0 spiro atoms. The van der Waals surface area contributed by atoms with Crippen molar-refractivity contribution in [2.75, 3.05) is 32.7 Å². The lowest BCUT2D eigenvalue weighted by molar-refractivity contribution is 0.150. The summed E-state index contributed by atoms with van der Waals surface area (Å²) in [5.41, 5.74) is 6.28. The fourth-order valence-corrected chi connectivity index (χ4v) is 3.68. The second-order valence-electron chi connectivity index (χ2n) is 6.73. The van der Waals surface area contributed by atoms with Crippen molar-refractivity contribution < 1.29 is 4.42 Å². The van der Waals surface area contributed by atoms with Crippen LogP contribution in [0.4, 0.5) is 0 Å². The molecule has 1 atom stereocenters. The highest BCUT2D eigenvalue weighted by molar-refractivity contribution is 5.78. The lowest BCUT2D eigenvalue weighted by atomic mass is 10.1. The monoisotopic (exact) mass is 318 g/mol. The minimum atomic E-state index is 0.218. The topological polar surface area (TPSA) is 58.0 Å². The molecule has 23 heavy (non-hydrogen) atoms. The van der Waals surface area contributed by atoms with E-state index in [0.29, 0.717) is 12.5 Å². The third kappa shape index (κ3) is 4.50. The molecule has 0 saturated carbocycles. The average molecular weight is 318 g/mol. The lowest BCUT2D eigenvalue weighted by Crippen LogP contribution is -2.39. The molecule has 0 amide bonds. The molecule has 2 aliphatic rings. The van der Waals surface area contributed by atoms with Gasteiger partial charge in [0.05, 0.1) is 18.8 Å². The number of nitrogens with zero attached hydrogens (tertiary/aromatic N) is 3. The maximum atomic E-state index is 6.28. The maximum Gasteiger partial charge on any atom is 0.191 e. The standard InChI is InChI=1S/C18H30N4O/c19-18(22-12-4-1-2-5-13-22)20-15-16(17-9-8-14-23-17)21-10-6-3-7-11-21/h8-9,14,16H,1-7,10-13,15H2,(H2,19,20). The number of piperidine rings is 1. The lowest BCUT2D eigenvalue weighted by Gasteiger charge is -2.32. The van der Waals surface area contributed by atoms with Crippen molar-refractivity contribution in [3.05, 3.63) is 24.2 Å². The summed E-state index contributed by atoms with van der Waals surface area (Å²) < 4.78 is 5.68. The van der Waals surface area contributed by atoms with Gasteiger partial charge in [-0.25, -0.2) is 0 Å². The molecule has 3 heterocycles. The zero-order valence-electron chi connectivity index (χ0n) is 14.1. The third-order valence-electron chi connectivity index (χ3n) is 5.06. The number of rotatable bonds is 4. The Labute approximate surface area is 139 Å². The van der Waals surface area contributed by atoms with Crippen LogP contribution in [-0.2, 0) is 0 Å². The molecule has 5 nitrogen and oxygen atoms in total. The summed E-state index contributed by atoms with van der Waals surface area (Å²) in [5, 5.41) is 0. The van der Waals surface area contributed by atoms with E-state index < -0.39 is 0 Å². The van der Waals surface area contributed by atoms with Crippen molar-refractivity contribution in [1.82, 2.24) is 9.80 Å². The summed E-state index contributed by atoms with van der Waals surface area (Å²) in [5.74, 6) is 1.72. The van der Waals surface area contributed by atoms with E-state index in [1.165, 1.54) is 44.9 Å². The molecule has 0 aromatic carbocycles.